The Morgan fingerprint density at radius 1 is 1.11 bits per heavy atom. The number of nitrogens with one attached hydrogen (secondary N) is 1. The van der Waals surface area contributed by atoms with Gasteiger partial charge in [-0.05, 0) is 61.6 Å². The van der Waals surface area contributed by atoms with E-state index in [1.165, 1.54) is 0 Å². The van der Waals surface area contributed by atoms with Crippen LogP contribution in [0.4, 0.5) is 5.69 Å². The summed E-state index contributed by atoms with van der Waals surface area (Å²) in [4.78, 5) is 51.1. The molecule has 0 saturated heterocycles. The number of nitrogens with two attached hydrogens (primary N) is 2. The van der Waals surface area contributed by atoms with E-state index in [2.05, 4.69) is 10.3 Å². The molecule has 3 rings (SSSR count). The maximum Gasteiger partial charge on any atom is 0.343 e. The molecule has 0 spiro atoms. The Bertz CT molecular complexity index is 1210. The number of aryl methyl sites for hydroxylation is 1. The van der Waals surface area contributed by atoms with Crippen molar-refractivity contribution in [2.75, 3.05) is 6.61 Å². The van der Waals surface area contributed by atoms with Crippen LogP contribution in [0.5, 0.6) is 11.5 Å². The molecule has 0 bridgehead atoms. The van der Waals surface area contributed by atoms with Crippen molar-refractivity contribution in [3.05, 3.63) is 53.1 Å². The summed E-state index contributed by atoms with van der Waals surface area (Å²) in [5.41, 5.74) is 13.1. The average Bonchev–Trinajstić information content (AvgIpc) is 2.80. The van der Waals surface area contributed by atoms with Gasteiger partial charge >= 0.3 is 17.9 Å². The Morgan fingerprint density at radius 2 is 1.86 bits per heavy atom. The number of carboxylic acid groups (broad SMARTS) is 2. The van der Waals surface area contributed by atoms with E-state index in [0.29, 0.717) is 41.8 Å². The van der Waals surface area contributed by atoms with Crippen LogP contribution in [0.2, 0.25) is 0 Å². The molecule has 190 valence electrons. The number of guanidine groups is 1. The second kappa shape index (κ2) is 11.7. The molecule has 0 fully saturated rings. The maximum atomic E-state index is 13.0. The molecular formula is C24H26N4O8. The SMILES string of the molecule is NC(N)=Nc1ccc2c(c1)CCCCc1c(OCC(=O)NC(CC(=O)O)C(=O)O)cccc1OC2=O. The van der Waals surface area contributed by atoms with Crippen molar-refractivity contribution in [3.63, 3.8) is 0 Å². The van der Waals surface area contributed by atoms with E-state index in [4.69, 9.17) is 31.2 Å². The van der Waals surface area contributed by atoms with Crippen LogP contribution in [-0.4, -0.2) is 52.6 Å². The van der Waals surface area contributed by atoms with E-state index in [0.717, 1.165) is 12.0 Å². The van der Waals surface area contributed by atoms with Gasteiger partial charge in [0.2, 0.25) is 0 Å². The molecule has 12 heteroatoms. The lowest BCUT2D eigenvalue weighted by Crippen LogP contribution is -2.44. The summed E-state index contributed by atoms with van der Waals surface area (Å²) in [6.07, 6.45) is 1.74. The van der Waals surface area contributed by atoms with Gasteiger partial charge < -0.3 is 36.5 Å². The highest BCUT2D eigenvalue weighted by Crippen LogP contribution is 2.33. The largest absolute Gasteiger partial charge is 0.483 e. The van der Waals surface area contributed by atoms with E-state index in [1.54, 1.807) is 36.4 Å². The topological polar surface area (TPSA) is 204 Å². The number of ether oxygens (including phenoxy) is 2. The fourth-order valence-corrected chi connectivity index (χ4v) is 3.75. The third-order valence-corrected chi connectivity index (χ3v) is 5.35. The van der Waals surface area contributed by atoms with E-state index >= 15 is 0 Å². The Hall–Kier alpha value is -4.61. The number of esters is 1. The molecule has 2 aromatic carbocycles. The number of hydrogen-bond donors (Lipinski definition) is 5. The van der Waals surface area contributed by atoms with Gasteiger partial charge in [-0.3, -0.25) is 9.59 Å². The summed E-state index contributed by atoms with van der Waals surface area (Å²) in [6.45, 7) is -0.551. The zero-order valence-electron chi connectivity index (χ0n) is 19.2. The minimum absolute atomic E-state index is 0.0899. The number of amides is 1. The van der Waals surface area contributed by atoms with Crippen molar-refractivity contribution < 1.29 is 38.9 Å². The van der Waals surface area contributed by atoms with Crippen molar-refractivity contribution in [2.24, 2.45) is 16.5 Å². The minimum atomic E-state index is -1.59. The number of carbonyl (C=O) groups excluding carboxylic acids is 2. The average molecular weight is 498 g/mol. The molecule has 1 heterocycles. The molecule has 36 heavy (non-hydrogen) atoms. The van der Waals surface area contributed by atoms with E-state index in [-0.39, 0.29) is 11.7 Å². The second-order valence-corrected chi connectivity index (χ2v) is 8.05. The molecule has 0 aromatic heterocycles. The van der Waals surface area contributed by atoms with Gasteiger partial charge in [0, 0.05) is 5.56 Å². The first kappa shape index (κ1) is 26.0. The minimum Gasteiger partial charge on any atom is -0.483 e. The van der Waals surface area contributed by atoms with Crippen LogP contribution in [0.1, 0.15) is 40.7 Å². The van der Waals surface area contributed by atoms with Gasteiger partial charge in [0.15, 0.2) is 12.6 Å². The van der Waals surface area contributed by atoms with Crippen LogP contribution in [0.25, 0.3) is 0 Å². The predicted molar refractivity (Wildman–Crippen MR) is 127 cm³/mol. The summed E-state index contributed by atoms with van der Waals surface area (Å²) in [5.74, 6) is -3.73. The van der Waals surface area contributed by atoms with Crippen molar-refractivity contribution in [1.29, 1.82) is 0 Å². The zero-order chi connectivity index (χ0) is 26.2. The van der Waals surface area contributed by atoms with Gasteiger partial charge in [-0.25, -0.2) is 14.6 Å². The first-order valence-corrected chi connectivity index (χ1v) is 11.1. The van der Waals surface area contributed by atoms with Crippen LogP contribution in [0.3, 0.4) is 0 Å². The molecule has 1 amide bonds. The summed E-state index contributed by atoms with van der Waals surface area (Å²) in [7, 11) is 0. The van der Waals surface area contributed by atoms with Crippen LogP contribution in [0.15, 0.2) is 41.4 Å². The number of carbonyl (C=O) groups is 4. The summed E-state index contributed by atoms with van der Waals surface area (Å²) < 4.78 is 11.3. The maximum absolute atomic E-state index is 13.0. The number of nitrogens with zero attached hydrogens (tertiary/aromatic N) is 1. The lowest BCUT2D eigenvalue weighted by atomic mass is 9.97. The third-order valence-electron chi connectivity index (χ3n) is 5.35. The van der Waals surface area contributed by atoms with Crippen LogP contribution < -0.4 is 26.3 Å². The number of aliphatic carboxylic acids is 2. The van der Waals surface area contributed by atoms with E-state index < -0.39 is 42.9 Å². The number of hydrogen-bond acceptors (Lipinski definition) is 7. The van der Waals surface area contributed by atoms with Crippen molar-refractivity contribution in [1.82, 2.24) is 5.32 Å². The molecule has 7 N–H and O–H groups in total. The first-order chi connectivity index (χ1) is 17.1. The van der Waals surface area contributed by atoms with Crippen molar-refractivity contribution >= 4 is 35.5 Å². The van der Waals surface area contributed by atoms with Crippen molar-refractivity contribution in [3.8, 4) is 11.5 Å². The highest BCUT2D eigenvalue weighted by Gasteiger charge is 2.24. The fourth-order valence-electron chi connectivity index (χ4n) is 3.75. The first-order valence-electron chi connectivity index (χ1n) is 11.1. The quantitative estimate of drug-likeness (QED) is 0.152. The van der Waals surface area contributed by atoms with Crippen LogP contribution >= 0.6 is 0 Å². The molecular weight excluding hydrogens is 472 g/mol. The molecule has 12 nitrogen and oxygen atoms in total. The standard InChI is InChI=1S/C24H26N4O8/c25-24(26)27-14-8-9-15-13(10-14)4-1-2-5-16-18(6-3-7-19(16)36-23(15)34)35-12-20(29)28-17(22(32)33)11-21(30)31/h3,6-10,17H,1-2,4-5,11-12H2,(H,28,29)(H,30,31)(H,32,33)(H4,25,26,27). The number of rotatable bonds is 8. The summed E-state index contributed by atoms with van der Waals surface area (Å²) in [6, 6.07) is 8.18. The molecule has 0 aliphatic carbocycles. The van der Waals surface area contributed by atoms with Gasteiger partial charge in [0.05, 0.1) is 17.7 Å². The normalized spacial score (nSPS) is 13.7. The highest BCUT2D eigenvalue weighted by molar-refractivity contribution is 5.93. The van der Waals surface area contributed by atoms with Gasteiger partial charge in [-0.1, -0.05) is 6.07 Å². The number of aliphatic imine (C=N–C) groups is 1. The zero-order valence-corrected chi connectivity index (χ0v) is 19.2. The molecule has 1 atom stereocenters. The number of fused-ring (bicyclic) bond motifs is 2. The van der Waals surface area contributed by atoms with Crippen LogP contribution in [0, 0.1) is 0 Å². The van der Waals surface area contributed by atoms with E-state index in [9.17, 15) is 19.2 Å². The Labute approximate surface area is 205 Å². The molecule has 1 aliphatic heterocycles. The van der Waals surface area contributed by atoms with Gasteiger partial charge in [0.25, 0.3) is 5.91 Å². The molecule has 0 radical (unpaired) electrons. The Morgan fingerprint density at radius 3 is 2.56 bits per heavy atom. The number of benzene rings is 2. The second-order valence-electron chi connectivity index (χ2n) is 8.05. The summed E-state index contributed by atoms with van der Waals surface area (Å²) in [5, 5.41) is 20.0. The molecule has 1 unspecified atom stereocenters. The molecule has 2 aromatic rings. The lowest BCUT2D eigenvalue weighted by Gasteiger charge is -2.18. The number of carboxylic acids is 2. The lowest BCUT2D eigenvalue weighted by molar-refractivity contribution is -0.147. The monoisotopic (exact) mass is 498 g/mol. The van der Waals surface area contributed by atoms with Gasteiger partial charge in [0.1, 0.15) is 17.5 Å². The smallest absolute Gasteiger partial charge is 0.343 e. The highest BCUT2D eigenvalue weighted by atomic mass is 16.5. The molecule has 1 aliphatic rings. The van der Waals surface area contributed by atoms with Gasteiger partial charge in [-0.15, -0.1) is 0 Å². The Balaban J connectivity index is 1.77. The van der Waals surface area contributed by atoms with Crippen molar-refractivity contribution in [2.45, 2.75) is 38.1 Å². The van der Waals surface area contributed by atoms with Gasteiger partial charge in [-0.2, -0.15) is 0 Å². The molecule has 0 saturated carbocycles. The Kier molecular flexibility index (Phi) is 8.44. The predicted octanol–water partition coefficient (Wildman–Crippen LogP) is 1.11. The van der Waals surface area contributed by atoms with Crippen LogP contribution in [-0.2, 0) is 27.2 Å². The summed E-state index contributed by atoms with van der Waals surface area (Å²) >= 11 is 0. The third kappa shape index (κ3) is 6.95. The fraction of sp³-hybridized carbons (Fsp3) is 0.292. The van der Waals surface area contributed by atoms with E-state index in [1.807, 2.05) is 0 Å².